The summed E-state index contributed by atoms with van der Waals surface area (Å²) in [7, 11) is 0. The summed E-state index contributed by atoms with van der Waals surface area (Å²) in [6, 6.07) is 19.4. The number of benzene rings is 2. The fraction of sp³-hybridized carbons (Fsp3) is 0. The minimum absolute atomic E-state index is 0.00802. The fourth-order valence-electron chi connectivity index (χ4n) is 2.77. The van der Waals surface area contributed by atoms with Gasteiger partial charge in [-0.15, -0.1) is 5.10 Å². The van der Waals surface area contributed by atoms with Crippen molar-refractivity contribution in [1.29, 1.82) is 5.26 Å². The molecule has 8 nitrogen and oxygen atoms in total. The first kappa shape index (κ1) is 16.2. The lowest BCUT2D eigenvalue weighted by molar-refractivity contribution is -0.384. The summed E-state index contributed by atoms with van der Waals surface area (Å²) in [5.41, 5.74) is 2.94. The fourth-order valence-corrected chi connectivity index (χ4v) is 2.77. The number of nitro benzene ring substituents is 1. The maximum absolute atomic E-state index is 10.9. The number of nitriles is 1. The molecule has 0 aliphatic rings. The zero-order chi connectivity index (χ0) is 18.8. The lowest BCUT2D eigenvalue weighted by atomic mass is 10.1. The second-order valence-electron chi connectivity index (χ2n) is 5.70. The molecule has 0 saturated heterocycles. The van der Waals surface area contributed by atoms with Gasteiger partial charge < -0.3 is 5.32 Å². The first-order valence-electron chi connectivity index (χ1n) is 8.02. The molecule has 1 N–H and O–H groups in total. The molecule has 0 aliphatic carbocycles. The number of nitrogens with one attached hydrogen (secondary N) is 1. The third-order valence-electron chi connectivity index (χ3n) is 4.04. The molecule has 4 aromatic rings. The number of aromatic nitrogens is 3. The van der Waals surface area contributed by atoms with E-state index in [1.807, 2.05) is 30.3 Å². The first-order chi connectivity index (χ1) is 13.2. The van der Waals surface area contributed by atoms with Crippen molar-refractivity contribution in [1.82, 2.24) is 14.6 Å². The maximum atomic E-state index is 10.9. The minimum Gasteiger partial charge on any atom is -0.338 e. The second-order valence-corrected chi connectivity index (χ2v) is 5.70. The summed E-state index contributed by atoms with van der Waals surface area (Å²) < 4.78 is 1.56. The summed E-state index contributed by atoms with van der Waals surface area (Å²) in [6.07, 6.45) is 1.58. The molecule has 0 spiro atoms. The predicted molar refractivity (Wildman–Crippen MR) is 99.5 cm³/mol. The Kier molecular flexibility index (Phi) is 3.95. The SMILES string of the molecule is N#Cc1c(Nc2ccccc2)nn2c(-c3ccc([N+](=O)[O-])cc3)ccnc12. The summed E-state index contributed by atoms with van der Waals surface area (Å²) in [4.78, 5) is 14.7. The monoisotopic (exact) mass is 356 g/mol. The number of para-hydroxylation sites is 1. The molecule has 0 radical (unpaired) electrons. The molecule has 4 rings (SSSR count). The van der Waals surface area contributed by atoms with Crippen molar-refractivity contribution in [3.63, 3.8) is 0 Å². The van der Waals surface area contributed by atoms with Gasteiger partial charge in [0.05, 0.1) is 10.6 Å². The average molecular weight is 356 g/mol. The molecule has 130 valence electrons. The van der Waals surface area contributed by atoms with Gasteiger partial charge in [0.25, 0.3) is 5.69 Å². The van der Waals surface area contributed by atoms with Crippen LogP contribution in [0, 0.1) is 21.4 Å². The highest BCUT2D eigenvalue weighted by Crippen LogP contribution is 2.27. The highest BCUT2D eigenvalue weighted by molar-refractivity contribution is 5.75. The number of rotatable bonds is 4. The van der Waals surface area contributed by atoms with Crippen molar-refractivity contribution in [2.45, 2.75) is 0 Å². The topological polar surface area (TPSA) is 109 Å². The summed E-state index contributed by atoms with van der Waals surface area (Å²) >= 11 is 0. The molecular formula is C19H12N6O2. The van der Waals surface area contributed by atoms with Gasteiger partial charge in [-0.05, 0) is 30.3 Å². The number of fused-ring (bicyclic) bond motifs is 1. The minimum atomic E-state index is -0.449. The van der Waals surface area contributed by atoms with Crippen molar-refractivity contribution in [3.8, 4) is 17.3 Å². The van der Waals surface area contributed by atoms with E-state index in [1.54, 1.807) is 28.9 Å². The van der Waals surface area contributed by atoms with Crippen molar-refractivity contribution in [2.75, 3.05) is 5.32 Å². The Hall–Kier alpha value is -4.25. The summed E-state index contributed by atoms with van der Waals surface area (Å²) in [5.74, 6) is 0.394. The average Bonchev–Trinajstić information content (AvgIpc) is 3.05. The van der Waals surface area contributed by atoms with Gasteiger partial charge in [-0.25, -0.2) is 9.50 Å². The molecule has 0 unspecified atom stereocenters. The van der Waals surface area contributed by atoms with Gasteiger partial charge in [-0.1, -0.05) is 18.2 Å². The van der Waals surface area contributed by atoms with Crippen LogP contribution in [0.1, 0.15) is 5.56 Å². The van der Waals surface area contributed by atoms with E-state index in [0.717, 1.165) is 11.3 Å². The Morgan fingerprint density at radius 2 is 1.81 bits per heavy atom. The Morgan fingerprint density at radius 3 is 2.48 bits per heavy atom. The number of nitro groups is 1. The van der Waals surface area contributed by atoms with Crippen LogP contribution in [0.5, 0.6) is 0 Å². The van der Waals surface area contributed by atoms with Crippen molar-refractivity contribution < 1.29 is 4.92 Å². The zero-order valence-corrected chi connectivity index (χ0v) is 13.9. The van der Waals surface area contributed by atoms with Crippen molar-refractivity contribution in [3.05, 3.63) is 82.5 Å². The lowest BCUT2D eigenvalue weighted by Gasteiger charge is -2.04. The normalized spacial score (nSPS) is 10.5. The highest BCUT2D eigenvalue weighted by Gasteiger charge is 2.17. The van der Waals surface area contributed by atoms with E-state index in [0.29, 0.717) is 22.7 Å². The van der Waals surface area contributed by atoms with E-state index in [-0.39, 0.29) is 5.69 Å². The zero-order valence-electron chi connectivity index (χ0n) is 13.9. The van der Waals surface area contributed by atoms with Gasteiger partial charge >= 0.3 is 0 Å². The number of anilines is 2. The van der Waals surface area contributed by atoms with Crippen molar-refractivity contribution in [2.24, 2.45) is 0 Å². The second kappa shape index (κ2) is 6.57. The standard InChI is InChI=1S/C19H12N6O2/c20-12-16-18(22-14-4-2-1-3-5-14)23-24-17(10-11-21-19(16)24)13-6-8-15(9-7-13)25(26)27/h1-11H,(H,22,23). The third kappa shape index (κ3) is 2.94. The Balaban J connectivity index is 1.83. The molecule has 2 aromatic carbocycles. The van der Waals surface area contributed by atoms with E-state index in [4.69, 9.17) is 0 Å². The van der Waals surface area contributed by atoms with E-state index in [1.165, 1.54) is 12.1 Å². The van der Waals surface area contributed by atoms with E-state index < -0.39 is 4.92 Å². The van der Waals surface area contributed by atoms with Crippen LogP contribution in [0.3, 0.4) is 0 Å². The van der Waals surface area contributed by atoms with Gasteiger partial charge in [-0.3, -0.25) is 10.1 Å². The molecule has 0 atom stereocenters. The number of nitrogens with zero attached hydrogens (tertiary/aromatic N) is 5. The van der Waals surface area contributed by atoms with Crippen LogP contribution in [-0.2, 0) is 0 Å². The molecule has 2 aromatic heterocycles. The molecule has 0 fully saturated rings. The van der Waals surface area contributed by atoms with E-state index >= 15 is 0 Å². The van der Waals surface area contributed by atoms with Crippen LogP contribution in [0.25, 0.3) is 16.9 Å². The van der Waals surface area contributed by atoms with E-state index in [9.17, 15) is 15.4 Å². The molecular weight excluding hydrogens is 344 g/mol. The lowest BCUT2D eigenvalue weighted by Crippen LogP contribution is -1.97. The van der Waals surface area contributed by atoms with Gasteiger partial charge in [0.1, 0.15) is 11.6 Å². The van der Waals surface area contributed by atoms with Gasteiger partial charge in [0.15, 0.2) is 11.5 Å². The molecule has 27 heavy (non-hydrogen) atoms. The molecule has 0 aliphatic heterocycles. The molecule has 0 saturated carbocycles. The quantitative estimate of drug-likeness (QED) is 0.438. The van der Waals surface area contributed by atoms with Crippen LogP contribution in [0.4, 0.5) is 17.2 Å². The van der Waals surface area contributed by atoms with Gasteiger partial charge in [0, 0.05) is 29.6 Å². The van der Waals surface area contributed by atoms with E-state index in [2.05, 4.69) is 21.5 Å². The Labute approximate surface area is 153 Å². The smallest absolute Gasteiger partial charge is 0.269 e. The largest absolute Gasteiger partial charge is 0.338 e. The number of non-ortho nitro benzene ring substituents is 1. The van der Waals surface area contributed by atoms with Gasteiger partial charge in [0.2, 0.25) is 0 Å². The van der Waals surface area contributed by atoms with Crippen LogP contribution >= 0.6 is 0 Å². The summed E-state index contributed by atoms with van der Waals surface area (Å²) in [5, 5.41) is 28.1. The summed E-state index contributed by atoms with van der Waals surface area (Å²) in [6.45, 7) is 0. The van der Waals surface area contributed by atoms with Crippen LogP contribution in [-0.4, -0.2) is 19.5 Å². The Bertz CT molecular complexity index is 1180. The molecule has 0 amide bonds. The van der Waals surface area contributed by atoms with Crippen LogP contribution in [0.2, 0.25) is 0 Å². The van der Waals surface area contributed by atoms with Crippen molar-refractivity contribution >= 4 is 22.8 Å². The maximum Gasteiger partial charge on any atom is 0.269 e. The van der Waals surface area contributed by atoms with Gasteiger partial charge in [-0.2, -0.15) is 5.26 Å². The molecule has 2 heterocycles. The number of hydrogen-bond acceptors (Lipinski definition) is 6. The first-order valence-corrected chi connectivity index (χ1v) is 8.02. The molecule has 8 heteroatoms. The molecule has 0 bridgehead atoms. The third-order valence-corrected chi connectivity index (χ3v) is 4.04. The highest BCUT2D eigenvalue weighted by atomic mass is 16.6. The number of hydrogen-bond donors (Lipinski definition) is 1. The van der Waals surface area contributed by atoms with Crippen LogP contribution < -0.4 is 5.32 Å². The Morgan fingerprint density at radius 1 is 1.07 bits per heavy atom. The van der Waals surface area contributed by atoms with Crippen LogP contribution in [0.15, 0.2) is 66.9 Å². The predicted octanol–water partition coefficient (Wildman–Crippen LogP) is 3.92.